The zero-order chi connectivity index (χ0) is 21.6. The van der Waals surface area contributed by atoms with Gasteiger partial charge in [0, 0.05) is 45.5 Å². The van der Waals surface area contributed by atoms with Crippen LogP contribution < -0.4 is 5.32 Å². The number of pyridine rings is 1. The third-order valence-corrected chi connectivity index (χ3v) is 5.25. The predicted molar refractivity (Wildman–Crippen MR) is 114 cm³/mol. The molecule has 0 bridgehead atoms. The fraction of sp³-hybridized carbons (Fsp3) is 0.409. The second-order valence-electron chi connectivity index (χ2n) is 7.45. The van der Waals surface area contributed by atoms with Crippen LogP contribution in [0.25, 0.3) is 22.6 Å². The molecule has 1 aromatic carbocycles. The molecule has 1 saturated heterocycles. The van der Waals surface area contributed by atoms with Crippen molar-refractivity contribution in [2.75, 3.05) is 46.6 Å². The van der Waals surface area contributed by atoms with Crippen molar-refractivity contribution in [1.29, 1.82) is 0 Å². The molecule has 0 spiro atoms. The zero-order valence-corrected chi connectivity index (χ0v) is 17.5. The number of amides is 1. The molecule has 0 radical (unpaired) electrons. The van der Waals surface area contributed by atoms with Gasteiger partial charge in [-0.15, -0.1) is 0 Å². The fourth-order valence-electron chi connectivity index (χ4n) is 3.58. The Bertz CT molecular complexity index is 1030. The van der Waals surface area contributed by atoms with Gasteiger partial charge in [-0.2, -0.15) is 0 Å². The number of aromatic nitrogens is 3. The monoisotopic (exact) mass is 427 g/mol. The molecular formula is C22H26FN5O3. The fourth-order valence-corrected chi connectivity index (χ4v) is 3.58. The van der Waals surface area contributed by atoms with Gasteiger partial charge in [0.15, 0.2) is 11.5 Å². The average Bonchev–Trinajstić information content (AvgIpc) is 3.22. The lowest BCUT2D eigenvalue weighted by molar-refractivity contribution is 0.0342. The van der Waals surface area contributed by atoms with Gasteiger partial charge in [-0.05, 0) is 12.0 Å². The van der Waals surface area contributed by atoms with Crippen molar-refractivity contribution >= 4 is 17.1 Å². The quantitative estimate of drug-likeness (QED) is 0.536. The van der Waals surface area contributed by atoms with Gasteiger partial charge in [0.2, 0.25) is 0 Å². The first-order valence-corrected chi connectivity index (χ1v) is 10.4. The van der Waals surface area contributed by atoms with Crippen molar-refractivity contribution in [3.63, 3.8) is 0 Å². The maximum atomic E-state index is 14.4. The van der Waals surface area contributed by atoms with Crippen molar-refractivity contribution in [3.8, 4) is 11.4 Å². The SMILES string of the molecule is COCCCNC(=O)c1c(F)cnc2nc(-c3ccc(CN4CCOCC4)cc3)[nH]c12. The molecule has 0 atom stereocenters. The molecular weight excluding hydrogens is 401 g/mol. The number of aromatic amines is 1. The number of nitrogens with zero attached hydrogens (tertiary/aromatic N) is 3. The normalized spacial score (nSPS) is 14.8. The smallest absolute Gasteiger partial charge is 0.256 e. The summed E-state index contributed by atoms with van der Waals surface area (Å²) in [6, 6.07) is 8.04. The number of hydrogen-bond acceptors (Lipinski definition) is 6. The molecule has 1 aliphatic rings. The van der Waals surface area contributed by atoms with Gasteiger partial charge >= 0.3 is 0 Å². The van der Waals surface area contributed by atoms with E-state index in [2.05, 4.69) is 37.3 Å². The van der Waals surface area contributed by atoms with Gasteiger partial charge in [-0.3, -0.25) is 9.69 Å². The molecule has 0 unspecified atom stereocenters. The minimum absolute atomic E-state index is 0.0786. The first-order valence-electron chi connectivity index (χ1n) is 10.4. The number of ether oxygens (including phenoxy) is 2. The van der Waals surface area contributed by atoms with Crippen LogP contribution in [0.1, 0.15) is 22.3 Å². The molecule has 1 aliphatic heterocycles. The molecule has 1 fully saturated rings. The van der Waals surface area contributed by atoms with E-state index < -0.39 is 11.7 Å². The Labute approximate surface area is 179 Å². The number of halogens is 1. The Kier molecular flexibility index (Phi) is 6.86. The predicted octanol–water partition coefficient (Wildman–Crippen LogP) is 2.36. The number of carbonyl (C=O) groups excluding carboxylic acids is 1. The van der Waals surface area contributed by atoms with Crippen molar-refractivity contribution in [2.45, 2.75) is 13.0 Å². The standard InChI is InChI=1S/C22H26FN5O3/c1-30-10-2-7-24-22(29)18-17(23)13-25-21-19(18)26-20(27-21)16-5-3-15(4-6-16)14-28-8-11-31-12-9-28/h3-6,13H,2,7-12,14H2,1H3,(H,24,29)(H,25,26,27). The van der Waals surface area contributed by atoms with Crippen LogP contribution in [0.3, 0.4) is 0 Å². The van der Waals surface area contributed by atoms with E-state index >= 15 is 0 Å². The maximum Gasteiger partial charge on any atom is 0.256 e. The van der Waals surface area contributed by atoms with Gasteiger partial charge in [-0.25, -0.2) is 14.4 Å². The number of nitrogens with one attached hydrogen (secondary N) is 2. The second-order valence-corrected chi connectivity index (χ2v) is 7.45. The summed E-state index contributed by atoms with van der Waals surface area (Å²) in [6.45, 7) is 5.17. The molecule has 4 rings (SSSR count). The second kappa shape index (κ2) is 9.95. The van der Waals surface area contributed by atoms with Crippen LogP contribution in [-0.2, 0) is 16.0 Å². The summed E-state index contributed by atoms with van der Waals surface area (Å²) in [5.41, 5.74) is 2.55. The lowest BCUT2D eigenvalue weighted by Gasteiger charge is -2.26. The summed E-state index contributed by atoms with van der Waals surface area (Å²) in [6.07, 6.45) is 1.67. The molecule has 8 nitrogen and oxygen atoms in total. The van der Waals surface area contributed by atoms with E-state index in [0.29, 0.717) is 31.0 Å². The van der Waals surface area contributed by atoms with Crippen LogP contribution >= 0.6 is 0 Å². The number of fused-ring (bicyclic) bond motifs is 1. The highest BCUT2D eigenvalue weighted by atomic mass is 19.1. The zero-order valence-electron chi connectivity index (χ0n) is 17.5. The third kappa shape index (κ3) is 5.07. The van der Waals surface area contributed by atoms with Gasteiger partial charge in [0.1, 0.15) is 16.9 Å². The van der Waals surface area contributed by atoms with E-state index in [9.17, 15) is 9.18 Å². The number of imidazole rings is 1. The number of methoxy groups -OCH3 is 1. The van der Waals surface area contributed by atoms with Crippen molar-refractivity contribution in [3.05, 3.63) is 47.4 Å². The first-order chi connectivity index (χ1) is 15.2. The Morgan fingerprint density at radius 1 is 1.29 bits per heavy atom. The summed E-state index contributed by atoms with van der Waals surface area (Å²) < 4.78 is 24.8. The minimum atomic E-state index is -0.687. The first kappa shape index (κ1) is 21.4. The van der Waals surface area contributed by atoms with E-state index in [1.54, 1.807) is 7.11 Å². The van der Waals surface area contributed by atoms with E-state index in [1.165, 1.54) is 5.56 Å². The van der Waals surface area contributed by atoms with Crippen LogP contribution in [0.2, 0.25) is 0 Å². The highest BCUT2D eigenvalue weighted by Crippen LogP contribution is 2.24. The molecule has 9 heteroatoms. The number of H-pyrrole nitrogens is 1. The molecule has 31 heavy (non-hydrogen) atoms. The lowest BCUT2D eigenvalue weighted by atomic mass is 10.1. The van der Waals surface area contributed by atoms with Crippen molar-refractivity contribution < 1.29 is 18.7 Å². The number of hydrogen-bond donors (Lipinski definition) is 2. The van der Waals surface area contributed by atoms with Gasteiger partial charge in [0.05, 0.1) is 19.4 Å². The molecule has 164 valence electrons. The number of carbonyl (C=O) groups is 1. The molecule has 1 amide bonds. The van der Waals surface area contributed by atoms with E-state index in [1.807, 2.05) is 12.1 Å². The lowest BCUT2D eigenvalue weighted by Crippen LogP contribution is -2.35. The molecule has 3 heterocycles. The van der Waals surface area contributed by atoms with Crippen LogP contribution in [0.15, 0.2) is 30.5 Å². The number of benzene rings is 1. The topological polar surface area (TPSA) is 92.4 Å². The molecule has 2 aromatic heterocycles. The van der Waals surface area contributed by atoms with Gasteiger partial charge in [0.25, 0.3) is 5.91 Å². The summed E-state index contributed by atoms with van der Waals surface area (Å²) in [5.74, 6) is -0.649. The highest BCUT2D eigenvalue weighted by Gasteiger charge is 2.20. The van der Waals surface area contributed by atoms with Crippen molar-refractivity contribution in [1.82, 2.24) is 25.2 Å². The number of morpholine rings is 1. The van der Waals surface area contributed by atoms with E-state index in [0.717, 1.165) is 44.6 Å². The van der Waals surface area contributed by atoms with Crippen LogP contribution in [-0.4, -0.2) is 72.3 Å². The minimum Gasteiger partial charge on any atom is -0.385 e. The Hall–Kier alpha value is -2.88. The maximum absolute atomic E-state index is 14.4. The summed E-state index contributed by atoms with van der Waals surface area (Å²) in [7, 11) is 1.59. The van der Waals surface area contributed by atoms with Crippen LogP contribution in [0.5, 0.6) is 0 Å². The highest BCUT2D eigenvalue weighted by molar-refractivity contribution is 6.04. The summed E-state index contributed by atoms with van der Waals surface area (Å²) in [4.78, 5) is 26.5. The molecule has 2 N–H and O–H groups in total. The molecule has 0 aliphatic carbocycles. The Morgan fingerprint density at radius 3 is 2.81 bits per heavy atom. The van der Waals surface area contributed by atoms with Gasteiger partial charge in [-0.1, -0.05) is 24.3 Å². The third-order valence-electron chi connectivity index (χ3n) is 5.25. The summed E-state index contributed by atoms with van der Waals surface area (Å²) >= 11 is 0. The van der Waals surface area contributed by atoms with E-state index in [4.69, 9.17) is 9.47 Å². The van der Waals surface area contributed by atoms with Crippen LogP contribution in [0.4, 0.5) is 4.39 Å². The van der Waals surface area contributed by atoms with E-state index in [-0.39, 0.29) is 11.1 Å². The Balaban J connectivity index is 1.52. The Morgan fingerprint density at radius 2 is 2.06 bits per heavy atom. The molecule has 0 saturated carbocycles. The number of rotatable bonds is 8. The average molecular weight is 427 g/mol. The van der Waals surface area contributed by atoms with Crippen molar-refractivity contribution in [2.24, 2.45) is 0 Å². The molecule has 3 aromatic rings. The summed E-state index contributed by atoms with van der Waals surface area (Å²) in [5, 5.41) is 2.71. The van der Waals surface area contributed by atoms with Gasteiger partial charge < -0.3 is 19.8 Å². The van der Waals surface area contributed by atoms with Crippen LogP contribution in [0, 0.1) is 5.82 Å². The largest absolute Gasteiger partial charge is 0.385 e.